The average molecular weight is 321 g/mol. The van der Waals surface area contributed by atoms with Crippen LogP contribution in [-0.4, -0.2) is 22.3 Å². The van der Waals surface area contributed by atoms with E-state index in [1.54, 1.807) is 17.4 Å². The second-order valence-electron chi connectivity index (χ2n) is 5.51. The summed E-state index contributed by atoms with van der Waals surface area (Å²) in [6.07, 6.45) is 3.53. The third kappa shape index (κ3) is 2.21. The van der Waals surface area contributed by atoms with Crippen molar-refractivity contribution in [2.24, 2.45) is 0 Å². The molecule has 0 saturated carbocycles. The quantitative estimate of drug-likeness (QED) is 0.556. The number of hydrogen-bond donors (Lipinski definition) is 0. The van der Waals surface area contributed by atoms with Crippen LogP contribution < -0.4 is 4.90 Å². The zero-order valence-electron chi connectivity index (χ0n) is 12.9. The van der Waals surface area contributed by atoms with E-state index in [4.69, 9.17) is 0 Å². The Labute approximate surface area is 137 Å². The van der Waals surface area contributed by atoms with Crippen molar-refractivity contribution in [3.8, 4) is 0 Å². The molecule has 0 atom stereocenters. The van der Waals surface area contributed by atoms with Crippen molar-refractivity contribution in [1.82, 2.24) is 9.38 Å². The first-order valence-electron chi connectivity index (χ1n) is 7.33. The van der Waals surface area contributed by atoms with Crippen molar-refractivity contribution in [2.45, 2.75) is 6.92 Å². The summed E-state index contributed by atoms with van der Waals surface area (Å²) in [7, 11) is 1.82. The van der Waals surface area contributed by atoms with E-state index < -0.39 is 0 Å². The minimum absolute atomic E-state index is 0.00600. The van der Waals surface area contributed by atoms with E-state index in [0.717, 1.165) is 26.5 Å². The number of amides is 1. The number of anilines is 1. The zero-order chi connectivity index (χ0) is 16.0. The number of hydrogen-bond acceptors (Lipinski definition) is 3. The van der Waals surface area contributed by atoms with E-state index in [0.29, 0.717) is 0 Å². The molecule has 0 fully saturated rings. The van der Waals surface area contributed by atoms with Crippen molar-refractivity contribution < 1.29 is 4.79 Å². The number of aryl methyl sites for hydroxylation is 1. The predicted octanol–water partition coefficient (Wildman–Crippen LogP) is 4.13. The summed E-state index contributed by atoms with van der Waals surface area (Å²) in [6, 6.07) is 14.2. The molecule has 0 N–H and O–H groups in total. The van der Waals surface area contributed by atoms with Gasteiger partial charge in [0, 0.05) is 18.4 Å². The molecule has 0 saturated heterocycles. The number of carbonyl (C=O) groups is 1. The van der Waals surface area contributed by atoms with Gasteiger partial charge in [0.1, 0.15) is 16.0 Å². The van der Waals surface area contributed by atoms with E-state index in [-0.39, 0.29) is 5.91 Å². The van der Waals surface area contributed by atoms with Crippen LogP contribution in [0.4, 0.5) is 5.69 Å². The first-order chi connectivity index (χ1) is 11.1. The molecule has 4 nitrogen and oxygen atoms in total. The lowest BCUT2D eigenvalue weighted by atomic mass is 10.1. The molecule has 23 heavy (non-hydrogen) atoms. The lowest BCUT2D eigenvalue weighted by Crippen LogP contribution is -2.26. The Morgan fingerprint density at radius 3 is 2.74 bits per heavy atom. The van der Waals surface area contributed by atoms with Crippen molar-refractivity contribution in [2.75, 3.05) is 11.9 Å². The molecule has 0 radical (unpaired) electrons. The van der Waals surface area contributed by atoms with Crippen LogP contribution in [0.15, 0.2) is 55.0 Å². The summed E-state index contributed by atoms with van der Waals surface area (Å²) in [5.41, 5.74) is 1.82. The number of benzene rings is 2. The Morgan fingerprint density at radius 1 is 1.17 bits per heavy atom. The summed E-state index contributed by atoms with van der Waals surface area (Å²) < 4.78 is 1.95. The van der Waals surface area contributed by atoms with E-state index in [1.807, 2.05) is 48.7 Å². The molecule has 2 aromatic heterocycles. The van der Waals surface area contributed by atoms with Gasteiger partial charge in [-0.1, -0.05) is 30.3 Å². The third-order valence-electron chi connectivity index (χ3n) is 4.12. The second-order valence-corrected chi connectivity index (χ2v) is 6.54. The van der Waals surface area contributed by atoms with Crippen LogP contribution in [0.5, 0.6) is 0 Å². The highest BCUT2D eigenvalue weighted by atomic mass is 32.1. The fourth-order valence-corrected chi connectivity index (χ4v) is 3.83. The standard InChI is InChI=1S/C18H15N3OS/c1-12-17(23-16-10-19-11-21(12)16)18(22)20(2)15-8-7-13-5-3-4-6-14(13)9-15/h3-11H,1-2H3. The minimum atomic E-state index is 0.00600. The molecule has 0 unspecified atom stereocenters. The summed E-state index contributed by atoms with van der Waals surface area (Å²) in [5, 5.41) is 2.30. The van der Waals surface area contributed by atoms with Gasteiger partial charge in [-0.3, -0.25) is 9.20 Å². The minimum Gasteiger partial charge on any atom is -0.311 e. The first kappa shape index (κ1) is 14.0. The largest absolute Gasteiger partial charge is 0.311 e. The Bertz CT molecular complexity index is 1030. The van der Waals surface area contributed by atoms with E-state index in [9.17, 15) is 4.79 Å². The number of imidazole rings is 1. The van der Waals surface area contributed by atoms with Crippen LogP contribution in [0.2, 0.25) is 0 Å². The van der Waals surface area contributed by atoms with Crippen LogP contribution >= 0.6 is 11.3 Å². The topological polar surface area (TPSA) is 37.6 Å². The predicted molar refractivity (Wildman–Crippen MR) is 94.5 cm³/mol. The van der Waals surface area contributed by atoms with Gasteiger partial charge < -0.3 is 4.90 Å². The molecule has 2 heterocycles. The SMILES string of the molecule is Cc1c(C(=O)N(C)c2ccc3ccccc3c2)sc2cncn12. The summed E-state index contributed by atoms with van der Waals surface area (Å²) >= 11 is 1.47. The lowest BCUT2D eigenvalue weighted by molar-refractivity contribution is 0.0996. The Balaban J connectivity index is 1.74. The molecule has 4 aromatic rings. The molecule has 0 bridgehead atoms. The highest BCUT2D eigenvalue weighted by Gasteiger charge is 2.20. The molecule has 1 amide bonds. The van der Waals surface area contributed by atoms with Gasteiger partial charge in [-0.05, 0) is 29.8 Å². The lowest BCUT2D eigenvalue weighted by Gasteiger charge is -2.17. The highest BCUT2D eigenvalue weighted by Crippen LogP contribution is 2.27. The maximum Gasteiger partial charge on any atom is 0.269 e. The fraction of sp³-hybridized carbons (Fsp3) is 0.111. The number of rotatable bonds is 2. The monoisotopic (exact) mass is 321 g/mol. The van der Waals surface area contributed by atoms with Gasteiger partial charge in [0.2, 0.25) is 0 Å². The highest BCUT2D eigenvalue weighted by molar-refractivity contribution is 7.19. The zero-order valence-corrected chi connectivity index (χ0v) is 13.7. The van der Waals surface area contributed by atoms with Gasteiger partial charge in [0.25, 0.3) is 5.91 Å². The molecule has 0 aliphatic rings. The summed E-state index contributed by atoms with van der Waals surface area (Å²) in [6.45, 7) is 1.95. The third-order valence-corrected chi connectivity index (χ3v) is 5.31. The molecular formula is C18H15N3OS. The Kier molecular flexibility index (Phi) is 3.16. The maximum atomic E-state index is 12.9. The second kappa shape index (κ2) is 5.21. The van der Waals surface area contributed by atoms with Gasteiger partial charge in [-0.15, -0.1) is 11.3 Å². The number of thiazole rings is 1. The normalized spacial score (nSPS) is 11.2. The number of fused-ring (bicyclic) bond motifs is 2. The molecule has 0 spiro atoms. The van der Waals surface area contributed by atoms with Gasteiger partial charge in [-0.2, -0.15) is 0 Å². The van der Waals surface area contributed by atoms with Crippen molar-refractivity contribution in [1.29, 1.82) is 0 Å². The Hall–Kier alpha value is -2.66. The smallest absolute Gasteiger partial charge is 0.269 e. The van der Waals surface area contributed by atoms with Gasteiger partial charge >= 0.3 is 0 Å². The van der Waals surface area contributed by atoms with Gasteiger partial charge in [0.15, 0.2) is 0 Å². The van der Waals surface area contributed by atoms with Crippen LogP contribution in [-0.2, 0) is 0 Å². The first-order valence-corrected chi connectivity index (χ1v) is 8.15. The van der Waals surface area contributed by atoms with Crippen molar-refractivity contribution in [3.05, 3.63) is 65.6 Å². The maximum absolute atomic E-state index is 12.9. The van der Waals surface area contributed by atoms with Gasteiger partial charge in [0.05, 0.1) is 6.20 Å². The number of nitrogens with zero attached hydrogens (tertiary/aromatic N) is 3. The average Bonchev–Trinajstić information content (AvgIpc) is 3.16. The number of aromatic nitrogens is 2. The van der Waals surface area contributed by atoms with Crippen LogP contribution in [0.1, 0.15) is 15.4 Å². The molecular weight excluding hydrogens is 306 g/mol. The van der Waals surface area contributed by atoms with Gasteiger partial charge in [-0.25, -0.2) is 4.98 Å². The summed E-state index contributed by atoms with van der Waals surface area (Å²) in [5.74, 6) is 0.00600. The molecule has 0 aliphatic heterocycles. The van der Waals surface area contributed by atoms with Crippen LogP contribution in [0.25, 0.3) is 15.6 Å². The van der Waals surface area contributed by atoms with Crippen molar-refractivity contribution >= 4 is 38.5 Å². The fourth-order valence-electron chi connectivity index (χ4n) is 2.75. The van der Waals surface area contributed by atoms with E-state index in [1.165, 1.54) is 16.7 Å². The molecule has 0 aliphatic carbocycles. The molecule has 4 rings (SSSR count). The van der Waals surface area contributed by atoms with Crippen LogP contribution in [0, 0.1) is 6.92 Å². The van der Waals surface area contributed by atoms with Crippen LogP contribution in [0.3, 0.4) is 0 Å². The number of carbonyl (C=O) groups excluding carboxylic acids is 1. The van der Waals surface area contributed by atoms with E-state index >= 15 is 0 Å². The van der Waals surface area contributed by atoms with Crippen molar-refractivity contribution in [3.63, 3.8) is 0 Å². The summed E-state index contributed by atoms with van der Waals surface area (Å²) in [4.78, 5) is 20.4. The Morgan fingerprint density at radius 2 is 1.96 bits per heavy atom. The molecule has 5 heteroatoms. The molecule has 114 valence electrons. The molecule has 2 aromatic carbocycles. The van der Waals surface area contributed by atoms with E-state index in [2.05, 4.69) is 17.1 Å².